The minimum absolute atomic E-state index is 0.0389. The van der Waals surface area contributed by atoms with Crippen LogP contribution in [-0.4, -0.2) is 43.3 Å². The lowest BCUT2D eigenvalue weighted by molar-refractivity contribution is -0.141. The van der Waals surface area contributed by atoms with Crippen LogP contribution < -0.4 is 9.62 Å². The highest BCUT2D eigenvalue weighted by atomic mass is 35.5. The normalized spacial score (nSPS) is 12.5. The van der Waals surface area contributed by atoms with Gasteiger partial charge in [-0.25, -0.2) is 8.42 Å². The van der Waals surface area contributed by atoms with Gasteiger partial charge in [0.15, 0.2) is 0 Å². The van der Waals surface area contributed by atoms with Crippen LogP contribution in [0, 0.1) is 13.8 Å². The van der Waals surface area contributed by atoms with Crippen LogP contribution in [0.4, 0.5) is 5.69 Å². The molecule has 0 radical (unpaired) electrons. The SMILES string of the molecule is CC[C@@H](C(=O)NC(C)(C)C)N(Cc1ccc(Cl)cc1)C(=O)CN(c1cccc(Cl)c1C)S(=O)(=O)c1ccc(C)cc1. The first-order chi connectivity index (χ1) is 19.1. The summed E-state index contributed by atoms with van der Waals surface area (Å²) in [5.41, 5.74) is 1.91. The van der Waals surface area contributed by atoms with Crippen LogP contribution in [0.2, 0.25) is 10.0 Å². The van der Waals surface area contributed by atoms with Crippen LogP contribution >= 0.6 is 23.2 Å². The molecule has 0 bridgehead atoms. The second kappa shape index (κ2) is 13.3. The second-order valence-corrected chi connectivity index (χ2v) is 13.7. The minimum Gasteiger partial charge on any atom is -0.350 e. The highest BCUT2D eigenvalue weighted by molar-refractivity contribution is 7.92. The Labute approximate surface area is 253 Å². The summed E-state index contributed by atoms with van der Waals surface area (Å²) in [5.74, 6) is -0.861. The fraction of sp³-hybridized carbons (Fsp3) is 0.355. The highest BCUT2D eigenvalue weighted by Gasteiger charge is 2.35. The van der Waals surface area contributed by atoms with Crippen molar-refractivity contribution in [2.45, 2.75) is 71.0 Å². The Morgan fingerprint density at radius 2 is 1.54 bits per heavy atom. The smallest absolute Gasteiger partial charge is 0.264 e. The van der Waals surface area contributed by atoms with Crippen molar-refractivity contribution >= 4 is 50.7 Å². The maximum atomic E-state index is 14.2. The molecule has 3 rings (SSSR count). The zero-order valence-corrected chi connectivity index (χ0v) is 26.6. The number of nitrogens with zero attached hydrogens (tertiary/aromatic N) is 2. The van der Waals surface area contributed by atoms with Crippen molar-refractivity contribution in [1.82, 2.24) is 10.2 Å². The number of rotatable bonds is 10. The summed E-state index contributed by atoms with van der Waals surface area (Å²) in [4.78, 5) is 29.1. The van der Waals surface area contributed by atoms with E-state index in [4.69, 9.17) is 23.2 Å². The van der Waals surface area contributed by atoms with Gasteiger partial charge >= 0.3 is 0 Å². The lowest BCUT2D eigenvalue weighted by Crippen LogP contribution is -2.55. The number of anilines is 1. The van der Waals surface area contributed by atoms with Gasteiger partial charge in [0.25, 0.3) is 10.0 Å². The van der Waals surface area contributed by atoms with Gasteiger partial charge in [0.2, 0.25) is 11.8 Å². The molecule has 0 saturated heterocycles. The van der Waals surface area contributed by atoms with E-state index in [9.17, 15) is 18.0 Å². The van der Waals surface area contributed by atoms with Gasteiger partial charge in [0.1, 0.15) is 12.6 Å². The van der Waals surface area contributed by atoms with E-state index in [0.29, 0.717) is 22.0 Å². The van der Waals surface area contributed by atoms with Crippen LogP contribution in [0.15, 0.2) is 71.6 Å². The van der Waals surface area contributed by atoms with Gasteiger partial charge in [-0.2, -0.15) is 0 Å². The van der Waals surface area contributed by atoms with Crippen molar-refractivity contribution in [2.24, 2.45) is 0 Å². The number of halogens is 2. The molecule has 0 aliphatic heterocycles. The van der Waals surface area contributed by atoms with E-state index in [1.807, 2.05) is 34.6 Å². The van der Waals surface area contributed by atoms with Gasteiger partial charge in [-0.3, -0.25) is 13.9 Å². The van der Waals surface area contributed by atoms with Gasteiger partial charge in [0, 0.05) is 22.1 Å². The average molecular weight is 619 g/mol. The fourth-order valence-corrected chi connectivity index (χ4v) is 6.14. The number of sulfonamides is 1. The van der Waals surface area contributed by atoms with Crippen molar-refractivity contribution in [2.75, 3.05) is 10.8 Å². The molecule has 0 unspecified atom stereocenters. The molecule has 0 aliphatic rings. The minimum atomic E-state index is -4.19. The third-order valence-corrected chi connectivity index (χ3v) is 8.98. The largest absolute Gasteiger partial charge is 0.350 e. The predicted molar refractivity (Wildman–Crippen MR) is 166 cm³/mol. The molecule has 220 valence electrons. The van der Waals surface area contributed by atoms with Gasteiger partial charge in [-0.15, -0.1) is 0 Å². The lowest BCUT2D eigenvalue weighted by Gasteiger charge is -2.35. The molecule has 3 aromatic rings. The number of carbonyl (C=O) groups excluding carboxylic acids is 2. The summed E-state index contributed by atoms with van der Waals surface area (Å²) < 4.78 is 29.2. The zero-order chi connectivity index (χ0) is 30.5. The standard InChI is InChI=1S/C31H37Cl2N3O4S/c1-7-27(30(38)34-31(4,5)6)35(19-23-13-15-24(32)16-14-23)29(37)20-36(28-10-8-9-26(33)22(28)3)41(39,40)25-17-11-21(2)12-18-25/h8-18,27H,7,19-20H2,1-6H3,(H,34,38)/t27-/m0/s1. The van der Waals surface area contributed by atoms with Gasteiger partial charge < -0.3 is 10.2 Å². The first-order valence-corrected chi connectivity index (χ1v) is 15.5. The number of carbonyl (C=O) groups is 2. The third-order valence-electron chi connectivity index (χ3n) is 6.55. The quantitative estimate of drug-likeness (QED) is 0.280. The lowest BCUT2D eigenvalue weighted by atomic mass is 10.1. The molecule has 0 fully saturated rings. The van der Waals surface area contributed by atoms with E-state index in [1.54, 1.807) is 61.5 Å². The molecule has 3 aromatic carbocycles. The van der Waals surface area contributed by atoms with Crippen LogP contribution in [-0.2, 0) is 26.2 Å². The Bertz CT molecular complexity index is 1490. The first-order valence-electron chi connectivity index (χ1n) is 13.3. The highest BCUT2D eigenvalue weighted by Crippen LogP contribution is 2.31. The van der Waals surface area contributed by atoms with Gasteiger partial charge in [0.05, 0.1) is 10.6 Å². The molecule has 0 heterocycles. The summed E-state index contributed by atoms with van der Waals surface area (Å²) in [7, 11) is -4.19. The van der Waals surface area contributed by atoms with E-state index >= 15 is 0 Å². The fourth-order valence-electron chi connectivity index (χ4n) is 4.38. The topological polar surface area (TPSA) is 86.8 Å². The molecular weight excluding hydrogens is 581 g/mol. The van der Waals surface area contributed by atoms with E-state index in [0.717, 1.165) is 15.4 Å². The second-order valence-electron chi connectivity index (χ2n) is 11.0. The molecule has 0 aliphatic carbocycles. The van der Waals surface area contributed by atoms with Crippen LogP contribution in [0.25, 0.3) is 0 Å². The maximum absolute atomic E-state index is 14.2. The molecule has 0 spiro atoms. The summed E-state index contributed by atoms with van der Waals surface area (Å²) in [6.07, 6.45) is 0.322. The maximum Gasteiger partial charge on any atom is 0.264 e. The Kier molecular flexibility index (Phi) is 10.5. The molecule has 0 saturated carbocycles. The number of aryl methyl sites for hydroxylation is 1. The predicted octanol–water partition coefficient (Wildman–Crippen LogP) is 6.53. The van der Waals surface area contributed by atoms with E-state index in [2.05, 4.69) is 5.32 Å². The van der Waals surface area contributed by atoms with Crippen molar-refractivity contribution in [3.8, 4) is 0 Å². The molecule has 1 atom stereocenters. The van der Waals surface area contributed by atoms with Crippen molar-refractivity contribution in [3.63, 3.8) is 0 Å². The Morgan fingerprint density at radius 3 is 2.10 bits per heavy atom. The third kappa shape index (κ3) is 8.24. The van der Waals surface area contributed by atoms with Crippen LogP contribution in [0.5, 0.6) is 0 Å². The molecule has 10 heteroatoms. The molecule has 1 N–H and O–H groups in total. The van der Waals surface area contributed by atoms with E-state index < -0.39 is 34.1 Å². The van der Waals surface area contributed by atoms with Crippen molar-refractivity contribution < 1.29 is 18.0 Å². The van der Waals surface area contributed by atoms with Crippen molar-refractivity contribution in [1.29, 1.82) is 0 Å². The molecule has 2 amide bonds. The number of hydrogen-bond acceptors (Lipinski definition) is 4. The molecule has 41 heavy (non-hydrogen) atoms. The Morgan fingerprint density at radius 1 is 0.927 bits per heavy atom. The van der Waals surface area contributed by atoms with Gasteiger partial charge in [-0.1, -0.05) is 66.0 Å². The summed E-state index contributed by atoms with van der Waals surface area (Å²) in [6.45, 7) is 10.5. The van der Waals surface area contributed by atoms with Crippen LogP contribution in [0.1, 0.15) is 50.8 Å². The van der Waals surface area contributed by atoms with Crippen LogP contribution in [0.3, 0.4) is 0 Å². The van der Waals surface area contributed by atoms with E-state index in [1.165, 1.54) is 17.0 Å². The molecule has 0 aromatic heterocycles. The molecular formula is C31H37Cl2N3O4S. The monoisotopic (exact) mass is 617 g/mol. The number of hydrogen-bond donors (Lipinski definition) is 1. The van der Waals surface area contributed by atoms with Crippen molar-refractivity contribution in [3.05, 3.63) is 93.5 Å². The summed E-state index contributed by atoms with van der Waals surface area (Å²) in [5, 5.41) is 3.87. The number of nitrogens with one attached hydrogen (secondary N) is 1. The number of amides is 2. The number of benzene rings is 3. The van der Waals surface area contributed by atoms with Gasteiger partial charge in [-0.05, 0) is 88.6 Å². The Hall–Kier alpha value is -3.07. The van der Waals surface area contributed by atoms with E-state index in [-0.39, 0.29) is 23.0 Å². The summed E-state index contributed by atoms with van der Waals surface area (Å²) >= 11 is 12.5. The molecule has 7 nitrogen and oxygen atoms in total. The Balaban J connectivity index is 2.11. The summed E-state index contributed by atoms with van der Waals surface area (Å²) in [6, 6.07) is 17.5. The average Bonchev–Trinajstić information content (AvgIpc) is 2.89. The zero-order valence-electron chi connectivity index (χ0n) is 24.2. The first kappa shape index (κ1) is 32.4.